The van der Waals surface area contributed by atoms with Crippen molar-refractivity contribution in [1.82, 2.24) is 0 Å². The van der Waals surface area contributed by atoms with Gasteiger partial charge in [-0.2, -0.15) is 0 Å². The first-order valence-corrected chi connectivity index (χ1v) is 7.06. The first kappa shape index (κ1) is 12.6. The number of hydrogen-bond donors (Lipinski definition) is 1. The molecule has 0 aromatic heterocycles. The molecule has 0 radical (unpaired) electrons. The van der Waals surface area contributed by atoms with Gasteiger partial charge >= 0.3 is 0 Å². The maximum absolute atomic E-state index is 9.80. The number of allylic oxidation sites excluding steroid dienone is 2. The van der Waals surface area contributed by atoms with Crippen LogP contribution in [-0.2, 0) is 0 Å². The van der Waals surface area contributed by atoms with E-state index in [-0.39, 0.29) is 5.60 Å². The van der Waals surface area contributed by atoms with Crippen molar-refractivity contribution in [2.45, 2.75) is 52.1 Å². The van der Waals surface area contributed by atoms with E-state index in [1.807, 2.05) is 6.07 Å². The van der Waals surface area contributed by atoms with Crippen molar-refractivity contribution < 1.29 is 9.84 Å². The molecule has 0 bridgehead atoms. The van der Waals surface area contributed by atoms with Crippen LogP contribution in [0.2, 0.25) is 0 Å². The smallest absolute Gasteiger partial charge is 0.127 e. The molecule has 1 heterocycles. The highest BCUT2D eigenvalue weighted by Crippen LogP contribution is 2.52. The van der Waals surface area contributed by atoms with Crippen molar-refractivity contribution in [3.63, 3.8) is 0 Å². The van der Waals surface area contributed by atoms with E-state index in [2.05, 4.69) is 33.8 Å². The summed E-state index contributed by atoms with van der Waals surface area (Å²) in [4.78, 5) is 0. The molecule has 3 rings (SSSR count). The van der Waals surface area contributed by atoms with Crippen molar-refractivity contribution in [1.29, 1.82) is 0 Å². The average molecular weight is 258 g/mol. The van der Waals surface area contributed by atoms with Crippen LogP contribution in [0.3, 0.4) is 0 Å². The van der Waals surface area contributed by atoms with Gasteiger partial charge in [0.25, 0.3) is 0 Å². The van der Waals surface area contributed by atoms with Crippen LogP contribution in [0.1, 0.15) is 50.7 Å². The number of hydrogen-bond acceptors (Lipinski definition) is 2. The molecule has 0 saturated heterocycles. The molecule has 0 unspecified atom stereocenters. The van der Waals surface area contributed by atoms with Gasteiger partial charge in [0.15, 0.2) is 0 Å². The van der Waals surface area contributed by atoms with Crippen molar-refractivity contribution in [2.75, 3.05) is 0 Å². The van der Waals surface area contributed by atoms with E-state index in [9.17, 15) is 5.11 Å². The van der Waals surface area contributed by atoms with Crippen LogP contribution in [0.25, 0.3) is 0 Å². The molecule has 1 aromatic rings. The van der Waals surface area contributed by atoms with Crippen molar-refractivity contribution in [3.05, 3.63) is 34.9 Å². The lowest BCUT2D eigenvalue weighted by molar-refractivity contribution is 0.00809. The van der Waals surface area contributed by atoms with Gasteiger partial charge in [0, 0.05) is 17.5 Å². The van der Waals surface area contributed by atoms with E-state index in [0.29, 0.717) is 17.6 Å². The third-order valence-corrected chi connectivity index (χ3v) is 4.72. The largest absolute Gasteiger partial charge is 0.508 e. The summed E-state index contributed by atoms with van der Waals surface area (Å²) in [6, 6.07) is 3.62. The van der Waals surface area contributed by atoms with Crippen molar-refractivity contribution in [3.8, 4) is 11.5 Å². The number of aryl methyl sites for hydroxylation is 1. The highest BCUT2D eigenvalue weighted by atomic mass is 16.5. The minimum absolute atomic E-state index is 0.172. The van der Waals surface area contributed by atoms with Crippen LogP contribution in [0.15, 0.2) is 23.8 Å². The quantitative estimate of drug-likeness (QED) is 0.703. The Morgan fingerprint density at radius 1 is 1.26 bits per heavy atom. The van der Waals surface area contributed by atoms with Gasteiger partial charge in [-0.1, -0.05) is 11.6 Å². The summed E-state index contributed by atoms with van der Waals surface area (Å²) in [5.41, 5.74) is 3.75. The fourth-order valence-electron chi connectivity index (χ4n) is 3.80. The summed E-state index contributed by atoms with van der Waals surface area (Å²) >= 11 is 0. The van der Waals surface area contributed by atoms with Gasteiger partial charge in [0.1, 0.15) is 17.1 Å². The molecule has 2 heteroatoms. The zero-order valence-corrected chi connectivity index (χ0v) is 12.2. The van der Waals surface area contributed by atoms with E-state index in [4.69, 9.17) is 4.74 Å². The minimum Gasteiger partial charge on any atom is -0.508 e. The number of rotatable bonds is 0. The molecule has 0 amide bonds. The molecule has 2 atom stereocenters. The second-order valence-electron chi connectivity index (χ2n) is 6.58. The lowest BCUT2D eigenvalue weighted by Gasteiger charge is -2.47. The number of phenols is 1. The Labute approximate surface area is 115 Å². The van der Waals surface area contributed by atoms with Gasteiger partial charge in [0.2, 0.25) is 0 Å². The highest BCUT2D eigenvalue weighted by molar-refractivity contribution is 5.50. The molecular weight excluding hydrogens is 236 g/mol. The monoisotopic (exact) mass is 258 g/mol. The van der Waals surface area contributed by atoms with E-state index in [0.717, 1.165) is 24.2 Å². The maximum atomic E-state index is 9.80. The van der Waals surface area contributed by atoms with Crippen LogP contribution >= 0.6 is 0 Å². The van der Waals surface area contributed by atoms with Crippen molar-refractivity contribution in [2.24, 2.45) is 5.92 Å². The molecule has 1 aliphatic carbocycles. The summed E-state index contributed by atoms with van der Waals surface area (Å²) in [7, 11) is 0. The first-order valence-electron chi connectivity index (χ1n) is 7.06. The van der Waals surface area contributed by atoms with Gasteiger partial charge in [-0.05, 0) is 58.1 Å². The van der Waals surface area contributed by atoms with Crippen molar-refractivity contribution >= 4 is 0 Å². The van der Waals surface area contributed by atoms with Crippen LogP contribution in [0.4, 0.5) is 0 Å². The Hall–Kier alpha value is -1.44. The Morgan fingerprint density at radius 2 is 2.00 bits per heavy atom. The fraction of sp³-hybridized carbons (Fsp3) is 0.529. The molecule has 0 saturated carbocycles. The predicted octanol–water partition coefficient (Wildman–Crippen LogP) is 4.31. The molecule has 1 aromatic carbocycles. The summed E-state index contributed by atoms with van der Waals surface area (Å²) in [5, 5.41) is 9.80. The molecular formula is C17H22O2. The number of fused-ring (bicyclic) bond motifs is 3. The maximum Gasteiger partial charge on any atom is 0.127 e. The summed E-state index contributed by atoms with van der Waals surface area (Å²) in [5.74, 6) is 2.21. The van der Waals surface area contributed by atoms with Crippen LogP contribution < -0.4 is 4.74 Å². The Kier molecular flexibility index (Phi) is 2.67. The van der Waals surface area contributed by atoms with Crippen LogP contribution in [0.5, 0.6) is 11.5 Å². The Bertz CT molecular complexity index is 555. The molecule has 102 valence electrons. The molecule has 0 spiro atoms. The number of ether oxygens (including phenoxy) is 1. The Morgan fingerprint density at radius 3 is 2.74 bits per heavy atom. The minimum atomic E-state index is -0.172. The lowest BCUT2D eigenvalue weighted by atomic mass is 9.66. The normalized spacial score (nSPS) is 27.9. The number of phenolic OH excluding ortho intramolecular Hbond substituents is 1. The SMILES string of the molecule is CC1=CC[C@@H]2[C@@H](C1)c1c(C)cc(O)cc1OC2(C)C. The fourth-order valence-corrected chi connectivity index (χ4v) is 3.80. The molecule has 1 N–H and O–H groups in total. The lowest BCUT2D eigenvalue weighted by Crippen LogP contribution is -2.45. The van der Waals surface area contributed by atoms with Gasteiger partial charge in [-0.3, -0.25) is 0 Å². The van der Waals surface area contributed by atoms with E-state index in [1.54, 1.807) is 6.07 Å². The van der Waals surface area contributed by atoms with Crippen LogP contribution in [0, 0.1) is 12.8 Å². The van der Waals surface area contributed by atoms with E-state index in [1.165, 1.54) is 11.1 Å². The first-order chi connectivity index (χ1) is 8.88. The highest BCUT2D eigenvalue weighted by Gasteiger charge is 2.45. The van der Waals surface area contributed by atoms with Gasteiger partial charge in [-0.15, -0.1) is 0 Å². The summed E-state index contributed by atoms with van der Waals surface area (Å²) in [6.45, 7) is 8.63. The summed E-state index contributed by atoms with van der Waals surface area (Å²) in [6.07, 6.45) is 4.55. The molecule has 19 heavy (non-hydrogen) atoms. The second-order valence-corrected chi connectivity index (χ2v) is 6.58. The van der Waals surface area contributed by atoms with E-state index < -0.39 is 0 Å². The predicted molar refractivity (Wildman–Crippen MR) is 76.8 cm³/mol. The molecule has 2 nitrogen and oxygen atoms in total. The topological polar surface area (TPSA) is 29.5 Å². The zero-order chi connectivity index (χ0) is 13.8. The van der Waals surface area contributed by atoms with Crippen LogP contribution in [-0.4, -0.2) is 10.7 Å². The number of aromatic hydroxyl groups is 1. The summed E-state index contributed by atoms with van der Waals surface area (Å²) < 4.78 is 6.20. The van der Waals surface area contributed by atoms with E-state index >= 15 is 0 Å². The van der Waals surface area contributed by atoms with Gasteiger partial charge < -0.3 is 9.84 Å². The Balaban J connectivity index is 2.17. The molecule has 0 fully saturated rings. The number of benzene rings is 1. The van der Waals surface area contributed by atoms with Gasteiger partial charge in [0.05, 0.1) is 0 Å². The zero-order valence-electron chi connectivity index (χ0n) is 12.2. The molecule has 1 aliphatic heterocycles. The third kappa shape index (κ3) is 1.94. The average Bonchev–Trinajstić information content (AvgIpc) is 2.25. The standard InChI is InChI=1S/C17H22O2/c1-10-5-6-14-13(7-10)16-11(2)8-12(18)9-15(16)19-17(14,3)4/h5,8-9,13-14,18H,6-7H2,1-4H3/t13-,14-/m1/s1. The molecule has 2 aliphatic rings. The second kappa shape index (κ2) is 4.03. The third-order valence-electron chi connectivity index (χ3n) is 4.72. The van der Waals surface area contributed by atoms with Gasteiger partial charge in [-0.25, -0.2) is 0 Å².